The molecule has 1 aromatic heterocycles. The van der Waals surface area contributed by atoms with E-state index in [0.717, 1.165) is 0 Å². The van der Waals surface area contributed by atoms with Crippen LogP contribution in [0.25, 0.3) is 0 Å². The van der Waals surface area contributed by atoms with Gasteiger partial charge in [0.2, 0.25) is 0 Å². The summed E-state index contributed by atoms with van der Waals surface area (Å²) in [7, 11) is 0. The smallest absolute Gasteiger partial charge is 0.177 e. The summed E-state index contributed by atoms with van der Waals surface area (Å²) in [5.74, 6) is 0. The van der Waals surface area contributed by atoms with E-state index in [0.29, 0.717) is 0 Å². The van der Waals surface area contributed by atoms with Crippen molar-refractivity contribution in [3.63, 3.8) is 0 Å². The van der Waals surface area contributed by atoms with Crippen molar-refractivity contribution >= 4 is 0 Å². The van der Waals surface area contributed by atoms with Crippen molar-refractivity contribution in [2.24, 2.45) is 0 Å². The van der Waals surface area contributed by atoms with E-state index >= 15 is 0 Å². The maximum atomic E-state index is 3.38. The van der Waals surface area contributed by atoms with Crippen LogP contribution in [0, 0.1) is 0 Å². The Balaban J connectivity index is 0.000000250. The molecule has 0 aliphatic carbocycles. The molecule has 0 atom stereocenters. The summed E-state index contributed by atoms with van der Waals surface area (Å²) in [6.45, 7) is 0. The molecular formula is CH2CuN4+2. The molecule has 0 amide bonds. The molecule has 1 aromatic rings. The molecule has 4 nitrogen and oxygen atoms in total. The molecule has 0 spiro atoms. The monoisotopic (exact) mass is 133 g/mol. The fourth-order valence-corrected chi connectivity index (χ4v) is 0.129. The Morgan fingerprint density at radius 3 is 2.50 bits per heavy atom. The first-order valence-corrected chi connectivity index (χ1v) is 1.16. The molecule has 0 bridgehead atoms. The van der Waals surface area contributed by atoms with E-state index in [4.69, 9.17) is 0 Å². The third kappa shape index (κ3) is 1.14. The second-order valence-corrected chi connectivity index (χ2v) is 0.560. The Morgan fingerprint density at radius 2 is 2.33 bits per heavy atom. The Bertz CT molecular complexity index is 64.0. The van der Waals surface area contributed by atoms with Crippen LogP contribution in [0.1, 0.15) is 0 Å². The van der Waals surface area contributed by atoms with Crippen molar-refractivity contribution in [1.82, 2.24) is 20.6 Å². The summed E-state index contributed by atoms with van der Waals surface area (Å²) in [5.41, 5.74) is 0. The van der Waals surface area contributed by atoms with Crippen LogP contribution in [-0.4, -0.2) is 20.6 Å². The van der Waals surface area contributed by atoms with E-state index < -0.39 is 0 Å². The van der Waals surface area contributed by atoms with Crippen molar-refractivity contribution in [2.45, 2.75) is 0 Å². The first-order valence-electron chi connectivity index (χ1n) is 1.16. The van der Waals surface area contributed by atoms with Crippen LogP contribution < -0.4 is 0 Å². The molecule has 0 aromatic carbocycles. The minimum atomic E-state index is 0. The topological polar surface area (TPSA) is 54.5 Å². The Hall–Kier alpha value is -0.411. The van der Waals surface area contributed by atoms with Crippen molar-refractivity contribution in [1.29, 1.82) is 0 Å². The van der Waals surface area contributed by atoms with E-state index in [1.165, 1.54) is 6.33 Å². The number of nitrogens with one attached hydrogen (secondary N) is 1. The Kier molecular flexibility index (Phi) is 2.62. The molecule has 5 heteroatoms. The standard InChI is InChI=1S/CH2N4.Cu/c1-2-4-5-3-1;/h1H,(H,2,3,4,5);/q;+2. The molecular weight excluding hydrogens is 132 g/mol. The first kappa shape index (κ1) is 5.59. The number of H-pyrrole nitrogens is 1. The molecule has 6 heavy (non-hydrogen) atoms. The van der Waals surface area contributed by atoms with Gasteiger partial charge in [0.25, 0.3) is 0 Å². The van der Waals surface area contributed by atoms with Gasteiger partial charge in [-0.2, -0.15) is 5.21 Å². The minimum absolute atomic E-state index is 0. The van der Waals surface area contributed by atoms with Gasteiger partial charge < -0.3 is 0 Å². The van der Waals surface area contributed by atoms with Crippen LogP contribution in [0.3, 0.4) is 0 Å². The third-order valence-corrected chi connectivity index (χ3v) is 0.270. The van der Waals surface area contributed by atoms with Gasteiger partial charge in [-0.3, -0.25) is 0 Å². The molecule has 0 unspecified atom stereocenters. The molecule has 0 aliphatic rings. The summed E-state index contributed by atoms with van der Waals surface area (Å²) in [5, 5.41) is 12.2. The van der Waals surface area contributed by atoms with Gasteiger partial charge in [0.15, 0.2) is 6.33 Å². The van der Waals surface area contributed by atoms with Crippen LogP contribution in [0.15, 0.2) is 6.33 Å². The number of rotatable bonds is 0. The average molecular weight is 134 g/mol. The zero-order valence-corrected chi connectivity index (χ0v) is 3.66. The predicted molar refractivity (Wildman–Crippen MR) is 14.2 cm³/mol. The largest absolute Gasteiger partial charge is 2.00 e. The fourth-order valence-electron chi connectivity index (χ4n) is 0.129. The minimum Gasteiger partial charge on any atom is -0.177 e. The average Bonchev–Trinajstić information content (AvgIpc) is 1.76. The van der Waals surface area contributed by atoms with E-state index in [1.807, 2.05) is 0 Å². The maximum absolute atomic E-state index is 3.38. The van der Waals surface area contributed by atoms with Crippen LogP contribution in [-0.2, 0) is 17.1 Å². The van der Waals surface area contributed by atoms with E-state index in [1.54, 1.807) is 0 Å². The van der Waals surface area contributed by atoms with Crippen LogP contribution in [0.2, 0.25) is 0 Å². The van der Waals surface area contributed by atoms with Crippen molar-refractivity contribution in [2.75, 3.05) is 0 Å². The van der Waals surface area contributed by atoms with E-state index in [2.05, 4.69) is 20.6 Å². The van der Waals surface area contributed by atoms with Gasteiger partial charge in [0.1, 0.15) is 0 Å². The molecule has 0 fully saturated rings. The summed E-state index contributed by atoms with van der Waals surface area (Å²) < 4.78 is 0. The summed E-state index contributed by atoms with van der Waals surface area (Å²) in [4.78, 5) is 0. The van der Waals surface area contributed by atoms with Gasteiger partial charge in [-0.05, 0) is 0 Å². The first-order chi connectivity index (χ1) is 2.50. The van der Waals surface area contributed by atoms with Crippen molar-refractivity contribution in [3.8, 4) is 0 Å². The number of aromatic amines is 1. The van der Waals surface area contributed by atoms with E-state index in [9.17, 15) is 0 Å². The molecule has 1 rings (SSSR count). The molecule has 35 valence electrons. The van der Waals surface area contributed by atoms with Gasteiger partial charge in [0, 0.05) is 0 Å². The predicted octanol–water partition coefficient (Wildman–Crippen LogP) is -0.803. The van der Waals surface area contributed by atoms with Gasteiger partial charge in [-0.1, -0.05) is 5.21 Å². The molecule has 0 saturated heterocycles. The van der Waals surface area contributed by atoms with Gasteiger partial charge in [-0.25, -0.2) is 0 Å². The van der Waals surface area contributed by atoms with Crippen LogP contribution >= 0.6 is 0 Å². The normalized spacial score (nSPS) is 6.67. The van der Waals surface area contributed by atoms with Gasteiger partial charge in [0.05, 0.1) is 0 Å². The zero-order chi connectivity index (χ0) is 3.54. The summed E-state index contributed by atoms with van der Waals surface area (Å²) >= 11 is 0. The van der Waals surface area contributed by atoms with Gasteiger partial charge >= 0.3 is 17.1 Å². The summed E-state index contributed by atoms with van der Waals surface area (Å²) in [6.07, 6.45) is 1.33. The number of hydrogen-bond acceptors (Lipinski definition) is 3. The molecule has 0 aliphatic heterocycles. The summed E-state index contributed by atoms with van der Waals surface area (Å²) in [6, 6.07) is 0. The van der Waals surface area contributed by atoms with Gasteiger partial charge in [-0.15, -0.1) is 10.2 Å². The van der Waals surface area contributed by atoms with Crippen molar-refractivity contribution in [3.05, 3.63) is 6.33 Å². The Labute approximate surface area is 44.8 Å². The molecule has 1 heterocycles. The second kappa shape index (κ2) is 2.81. The molecule has 0 saturated carbocycles. The quantitative estimate of drug-likeness (QED) is 0.472. The number of tetrazole rings is 1. The van der Waals surface area contributed by atoms with Crippen molar-refractivity contribution < 1.29 is 17.1 Å². The molecule has 1 radical (unpaired) electrons. The van der Waals surface area contributed by atoms with Crippen LogP contribution in [0.5, 0.6) is 0 Å². The number of aromatic nitrogens is 4. The number of nitrogens with zero attached hydrogens (tertiary/aromatic N) is 3. The molecule has 1 N–H and O–H groups in total. The fraction of sp³-hybridized carbons (Fsp3) is 0. The van der Waals surface area contributed by atoms with E-state index in [-0.39, 0.29) is 17.1 Å². The maximum Gasteiger partial charge on any atom is 2.00 e. The second-order valence-electron chi connectivity index (χ2n) is 0.560. The van der Waals surface area contributed by atoms with Crippen LogP contribution in [0.4, 0.5) is 0 Å². The number of hydrogen-bond donors (Lipinski definition) is 1. The Morgan fingerprint density at radius 1 is 1.50 bits per heavy atom. The SMILES string of the molecule is [Cu+2].c1nn[nH]n1. The third-order valence-electron chi connectivity index (χ3n) is 0.270. The zero-order valence-electron chi connectivity index (χ0n) is 2.72.